The number of aromatic nitrogens is 2. The van der Waals surface area contributed by atoms with Crippen LogP contribution >= 0.6 is 0 Å². The summed E-state index contributed by atoms with van der Waals surface area (Å²) < 4.78 is 21.7. The Kier molecular flexibility index (Phi) is 6.02. The molecular weight excluding hydrogens is 417 g/mol. The number of amides is 1. The number of carbonyl (C=O) groups excluding carboxylic acids is 1. The van der Waals surface area contributed by atoms with Crippen LogP contribution < -0.4 is 0 Å². The zero-order valence-corrected chi connectivity index (χ0v) is 19.0. The minimum atomic E-state index is -0.198. The normalized spacial score (nSPS) is 19.8. The highest BCUT2D eigenvalue weighted by Crippen LogP contribution is 2.43. The number of carbonyl (C=O) groups is 1. The molecule has 2 aliphatic rings. The molecule has 2 saturated heterocycles. The van der Waals surface area contributed by atoms with Crippen LogP contribution in [0.4, 0.5) is 4.39 Å². The molecule has 0 aliphatic carbocycles. The first-order valence-corrected chi connectivity index (χ1v) is 11.7. The van der Waals surface area contributed by atoms with E-state index in [1.54, 1.807) is 18.3 Å². The Balaban J connectivity index is 1.18. The average Bonchev–Trinajstić information content (AvgIpc) is 3.40. The van der Waals surface area contributed by atoms with Gasteiger partial charge in [0.2, 0.25) is 0 Å². The van der Waals surface area contributed by atoms with Gasteiger partial charge in [0.05, 0.1) is 12.7 Å². The van der Waals surface area contributed by atoms with Gasteiger partial charge in [0, 0.05) is 37.6 Å². The number of benzene rings is 2. The second-order valence-electron chi connectivity index (χ2n) is 9.57. The Morgan fingerprint density at radius 1 is 1.15 bits per heavy atom. The number of hydrogen-bond acceptors (Lipinski definition) is 3. The van der Waals surface area contributed by atoms with Gasteiger partial charge in [-0.3, -0.25) is 4.79 Å². The van der Waals surface area contributed by atoms with E-state index in [-0.39, 0.29) is 23.2 Å². The lowest BCUT2D eigenvalue weighted by molar-refractivity contribution is 0.0496. The molecule has 2 aliphatic heterocycles. The molecule has 0 saturated carbocycles. The van der Waals surface area contributed by atoms with Crippen LogP contribution in [0.5, 0.6) is 0 Å². The van der Waals surface area contributed by atoms with Crippen molar-refractivity contribution < 1.29 is 13.9 Å². The fourth-order valence-electron chi connectivity index (χ4n) is 5.24. The molecular formula is C27H30FN3O2. The van der Waals surface area contributed by atoms with Crippen molar-refractivity contribution in [1.82, 2.24) is 14.5 Å². The molecule has 2 aromatic carbocycles. The SMILES string of the molecule is Cc1nccn1Cc1cccc(C(=O)N2CCC3(CC2)COC(Cc2cccc(F)c2)C3)c1. The molecule has 172 valence electrons. The predicted molar refractivity (Wildman–Crippen MR) is 125 cm³/mol. The van der Waals surface area contributed by atoms with Crippen LogP contribution in [0.2, 0.25) is 0 Å². The largest absolute Gasteiger partial charge is 0.377 e. The standard InChI is InChI=1S/C27H30FN3O2/c1-20-29-10-13-31(20)18-22-5-2-6-23(14-22)26(32)30-11-8-27(9-12-30)17-25(33-19-27)16-21-4-3-7-24(28)15-21/h2-7,10,13-15,25H,8-9,11-12,16-19H2,1H3. The molecule has 1 unspecified atom stereocenters. The van der Waals surface area contributed by atoms with E-state index in [9.17, 15) is 9.18 Å². The van der Waals surface area contributed by atoms with Crippen LogP contribution in [0.1, 0.15) is 46.6 Å². The zero-order chi connectivity index (χ0) is 22.8. The van der Waals surface area contributed by atoms with Gasteiger partial charge in [-0.25, -0.2) is 9.37 Å². The van der Waals surface area contributed by atoms with Crippen LogP contribution in [0.15, 0.2) is 60.9 Å². The Labute approximate surface area is 194 Å². The number of ether oxygens (including phenoxy) is 1. The molecule has 2 fully saturated rings. The van der Waals surface area contributed by atoms with Crippen molar-refractivity contribution in [2.24, 2.45) is 5.41 Å². The van der Waals surface area contributed by atoms with Crippen molar-refractivity contribution in [1.29, 1.82) is 0 Å². The molecule has 6 heteroatoms. The van der Waals surface area contributed by atoms with E-state index in [0.29, 0.717) is 6.54 Å². The minimum Gasteiger partial charge on any atom is -0.377 e. The monoisotopic (exact) mass is 447 g/mol. The lowest BCUT2D eigenvalue weighted by Gasteiger charge is -2.38. The van der Waals surface area contributed by atoms with Gasteiger partial charge >= 0.3 is 0 Å². The highest BCUT2D eigenvalue weighted by Gasteiger charge is 2.43. The van der Waals surface area contributed by atoms with Gasteiger partial charge in [-0.05, 0) is 73.4 Å². The second-order valence-corrected chi connectivity index (χ2v) is 9.57. The fourth-order valence-corrected chi connectivity index (χ4v) is 5.24. The van der Waals surface area contributed by atoms with E-state index < -0.39 is 0 Å². The first-order valence-electron chi connectivity index (χ1n) is 11.7. The van der Waals surface area contributed by atoms with Crippen molar-refractivity contribution >= 4 is 5.91 Å². The lowest BCUT2D eigenvalue weighted by Crippen LogP contribution is -2.43. The summed E-state index contributed by atoms with van der Waals surface area (Å²) >= 11 is 0. The molecule has 1 atom stereocenters. The molecule has 1 spiro atoms. The van der Waals surface area contributed by atoms with E-state index in [0.717, 1.165) is 67.9 Å². The fraction of sp³-hybridized carbons (Fsp3) is 0.407. The molecule has 1 amide bonds. The van der Waals surface area contributed by atoms with Gasteiger partial charge in [0.1, 0.15) is 11.6 Å². The molecule has 33 heavy (non-hydrogen) atoms. The summed E-state index contributed by atoms with van der Waals surface area (Å²) in [6.45, 7) is 4.92. The van der Waals surface area contributed by atoms with Gasteiger partial charge in [-0.2, -0.15) is 0 Å². The van der Waals surface area contributed by atoms with E-state index in [1.807, 2.05) is 42.3 Å². The summed E-state index contributed by atoms with van der Waals surface area (Å²) in [5.74, 6) is 0.864. The molecule has 0 bridgehead atoms. The average molecular weight is 448 g/mol. The smallest absolute Gasteiger partial charge is 0.253 e. The highest BCUT2D eigenvalue weighted by atomic mass is 19.1. The predicted octanol–water partition coefficient (Wildman–Crippen LogP) is 4.63. The summed E-state index contributed by atoms with van der Waals surface area (Å²) in [4.78, 5) is 19.5. The Hall–Kier alpha value is -2.99. The number of halogens is 1. The number of rotatable bonds is 5. The Morgan fingerprint density at radius 3 is 2.70 bits per heavy atom. The van der Waals surface area contributed by atoms with Crippen LogP contribution in [-0.4, -0.2) is 46.2 Å². The lowest BCUT2D eigenvalue weighted by atomic mass is 9.76. The number of imidazole rings is 1. The number of likely N-dealkylation sites (tertiary alicyclic amines) is 1. The first kappa shape index (κ1) is 21.8. The quantitative estimate of drug-likeness (QED) is 0.573. The van der Waals surface area contributed by atoms with Gasteiger partial charge in [0.25, 0.3) is 5.91 Å². The maximum Gasteiger partial charge on any atom is 0.253 e. The molecule has 3 heterocycles. The maximum atomic E-state index is 13.5. The molecule has 5 rings (SSSR count). The summed E-state index contributed by atoms with van der Waals surface area (Å²) in [6, 6.07) is 14.7. The van der Waals surface area contributed by atoms with E-state index >= 15 is 0 Å². The minimum absolute atomic E-state index is 0.101. The third-order valence-electron chi connectivity index (χ3n) is 7.20. The van der Waals surface area contributed by atoms with Crippen molar-refractivity contribution in [2.75, 3.05) is 19.7 Å². The molecule has 3 aromatic rings. The first-order chi connectivity index (χ1) is 16.0. The summed E-state index contributed by atoms with van der Waals surface area (Å²) in [7, 11) is 0. The van der Waals surface area contributed by atoms with Crippen LogP contribution in [-0.2, 0) is 17.7 Å². The number of hydrogen-bond donors (Lipinski definition) is 0. The number of nitrogens with zero attached hydrogens (tertiary/aromatic N) is 3. The summed E-state index contributed by atoms with van der Waals surface area (Å²) in [5.41, 5.74) is 2.96. The van der Waals surface area contributed by atoms with Crippen molar-refractivity contribution in [3.05, 3.63) is 89.3 Å². The Morgan fingerprint density at radius 2 is 1.94 bits per heavy atom. The second kappa shape index (κ2) is 9.10. The van der Waals surface area contributed by atoms with Gasteiger partial charge in [-0.15, -0.1) is 0 Å². The summed E-state index contributed by atoms with van der Waals surface area (Å²) in [6.07, 6.45) is 7.50. The highest BCUT2D eigenvalue weighted by molar-refractivity contribution is 5.94. The van der Waals surface area contributed by atoms with Gasteiger partial charge in [0.15, 0.2) is 0 Å². The zero-order valence-electron chi connectivity index (χ0n) is 19.0. The maximum absolute atomic E-state index is 13.5. The number of piperidine rings is 1. The topological polar surface area (TPSA) is 47.4 Å². The van der Waals surface area contributed by atoms with Crippen LogP contribution in [0, 0.1) is 18.2 Å². The molecule has 5 nitrogen and oxygen atoms in total. The third-order valence-corrected chi connectivity index (χ3v) is 7.20. The van der Waals surface area contributed by atoms with E-state index in [1.165, 1.54) is 6.07 Å². The molecule has 0 N–H and O–H groups in total. The van der Waals surface area contributed by atoms with Crippen molar-refractivity contribution in [3.63, 3.8) is 0 Å². The number of aryl methyl sites for hydroxylation is 1. The van der Waals surface area contributed by atoms with Crippen molar-refractivity contribution in [2.45, 2.75) is 45.3 Å². The summed E-state index contributed by atoms with van der Waals surface area (Å²) in [5, 5.41) is 0. The van der Waals surface area contributed by atoms with Crippen LogP contribution in [0.3, 0.4) is 0 Å². The van der Waals surface area contributed by atoms with E-state index in [2.05, 4.69) is 15.6 Å². The van der Waals surface area contributed by atoms with Crippen molar-refractivity contribution in [3.8, 4) is 0 Å². The van der Waals surface area contributed by atoms with Crippen LogP contribution in [0.25, 0.3) is 0 Å². The van der Waals surface area contributed by atoms with Gasteiger partial charge < -0.3 is 14.2 Å². The Bertz CT molecular complexity index is 1130. The molecule has 1 aromatic heterocycles. The third kappa shape index (κ3) is 4.86. The molecule has 0 radical (unpaired) electrons. The van der Waals surface area contributed by atoms with Gasteiger partial charge in [-0.1, -0.05) is 24.3 Å². The van der Waals surface area contributed by atoms with E-state index in [4.69, 9.17) is 4.74 Å².